The van der Waals surface area contributed by atoms with Crippen molar-refractivity contribution in [2.45, 2.75) is 6.54 Å². The zero-order valence-corrected chi connectivity index (χ0v) is 21.3. The molecule has 0 radical (unpaired) electrons. The number of rotatable bonds is 7. The van der Waals surface area contributed by atoms with Crippen molar-refractivity contribution >= 4 is 38.9 Å². The maximum absolute atomic E-state index is 13.1. The number of carbonyl (C=O) groups is 1. The normalized spacial score (nSPS) is 14.0. The molecular formula is C26H28ClN3O4S. The Kier molecular flexibility index (Phi) is 7.52. The molecule has 0 aliphatic carbocycles. The SMILES string of the molecule is COc1ccc(N2CCN(C(=O)c3ccc(N(Cc4ccc(Cl)cc4)S(C)(=O)=O)cc3)CC2)cc1. The fourth-order valence-electron chi connectivity index (χ4n) is 4.07. The van der Waals surface area contributed by atoms with E-state index >= 15 is 0 Å². The van der Waals surface area contributed by atoms with Gasteiger partial charge in [0.25, 0.3) is 5.91 Å². The Labute approximate surface area is 211 Å². The van der Waals surface area contributed by atoms with E-state index in [1.165, 1.54) is 10.6 Å². The fourth-order valence-corrected chi connectivity index (χ4v) is 5.08. The van der Waals surface area contributed by atoms with Crippen molar-refractivity contribution in [3.05, 3.63) is 88.9 Å². The van der Waals surface area contributed by atoms with Gasteiger partial charge in [0.15, 0.2) is 0 Å². The van der Waals surface area contributed by atoms with Gasteiger partial charge in [-0.1, -0.05) is 23.7 Å². The molecule has 4 rings (SSSR count). The Hall–Kier alpha value is -3.23. The quantitative estimate of drug-likeness (QED) is 0.471. The first-order valence-corrected chi connectivity index (χ1v) is 13.5. The van der Waals surface area contributed by atoms with Crippen molar-refractivity contribution in [2.75, 3.05) is 48.7 Å². The van der Waals surface area contributed by atoms with Crippen LogP contribution in [-0.2, 0) is 16.6 Å². The molecule has 1 amide bonds. The second kappa shape index (κ2) is 10.6. The number of piperazine rings is 1. The van der Waals surface area contributed by atoms with Crippen LogP contribution in [0.1, 0.15) is 15.9 Å². The number of carbonyl (C=O) groups excluding carboxylic acids is 1. The van der Waals surface area contributed by atoms with Crippen LogP contribution in [-0.4, -0.2) is 58.8 Å². The highest BCUT2D eigenvalue weighted by Crippen LogP contribution is 2.24. The zero-order chi connectivity index (χ0) is 25.0. The van der Waals surface area contributed by atoms with Crippen LogP contribution in [0.15, 0.2) is 72.8 Å². The van der Waals surface area contributed by atoms with Gasteiger partial charge >= 0.3 is 0 Å². The molecule has 1 aliphatic heterocycles. The maximum atomic E-state index is 13.1. The molecule has 7 nitrogen and oxygen atoms in total. The number of methoxy groups -OCH3 is 1. The molecular weight excluding hydrogens is 486 g/mol. The summed E-state index contributed by atoms with van der Waals surface area (Å²) >= 11 is 5.94. The van der Waals surface area contributed by atoms with E-state index in [-0.39, 0.29) is 12.5 Å². The van der Waals surface area contributed by atoms with Crippen molar-refractivity contribution in [1.82, 2.24) is 4.90 Å². The van der Waals surface area contributed by atoms with E-state index in [4.69, 9.17) is 16.3 Å². The van der Waals surface area contributed by atoms with Gasteiger partial charge in [0.1, 0.15) is 5.75 Å². The van der Waals surface area contributed by atoms with Crippen LogP contribution in [0.4, 0.5) is 11.4 Å². The number of benzene rings is 3. The molecule has 0 aromatic heterocycles. The summed E-state index contributed by atoms with van der Waals surface area (Å²) in [4.78, 5) is 17.1. The van der Waals surface area contributed by atoms with E-state index in [0.717, 1.165) is 30.1 Å². The molecule has 0 bridgehead atoms. The summed E-state index contributed by atoms with van der Waals surface area (Å²) in [5.41, 5.74) is 2.95. The smallest absolute Gasteiger partial charge is 0.253 e. The molecule has 35 heavy (non-hydrogen) atoms. The van der Waals surface area contributed by atoms with Crippen molar-refractivity contribution in [1.29, 1.82) is 0 Å². The first-order chi connectivity index (χ1) is 16.7. The number of halogens is 1. The summed E-state index contributed by atoms with van der Waals surface area (Å²) in [5.74, 6) is 0.753. The molecule has 0 atom stereocenters. The monoisotopic (exact) mass is 513 g/mol. The maximum Gasteiger partial charge on any atom is 0.253 e. The summed E-state index contributed by atoms with van der Waals surface area (Å²) in [7, 11) is -1.88. The lowest BCUT2D eigenvalue weighted by Crippen LogP contribution is -2.48. The second-order valence-corrected chi connectivity index (χ2v) is 10.8. The van der Waals surface area contributed by atoms with E-state index in [0.29, 0.717) is 29.4 Å². The van der Waals surface area contributed by atoms with Crippen molar-refractivity contribution < 1.29 is 17.9 Å². The van der Waals surface area contributed by atoms with Gasteiger partial charge < -0.3 is 14.5 Å². The summed E-state index contributed by atoms with van der Waals surface area (Å²) in [5, 5.41) is 0.590. The third-order valence-corrected chi connectivity index (χ3v) is 7.44. The van der Waals surface area contributed by atoms with E-state index in [1.807, 2.05) is 29.2 Å². The average Bonchev–Trinajstić information content (AvgIpc) is 2.87. The summed E-state index contributed by atoms with van der Waals surface area (Å²) in [6, 6.07) is 21.7. The second-order valence-electron chi connectivity index (χ2n) is 8.42. The van der Waals surface area contributed by atoms with Gasteiger partial charge in [-0.25, -0.2) is 8.42 Å². The molecule has 1 fully saturated rings. The molecule has 1 aliphatic rings. The van der Waals surface area contributed by atoms with E-state index in [9.17, 15) is 13.2 Å². The minimum absolute atomic E-state index is 0.0606. The zero-order valence-electron chi connectivity index (χ0n) is 19.7. The van der Waals surface area contributed by atoms with E-state index in [1.54, 1.807) is 55.6 Å². The molecule has 9 heteroatoms. The third-order valence-electron chi connectivity index (χ3n) is 6.05. The minimum Gasteiger partial charge on any atom is -0.497 e. The molecule has 0 spiro atoms. The topological polar surface area (TPSA) is 70.2 Å². The van der Waals surface area contributed by atoms with Crippen LogP contribution in [0.2, 0.25) is 5.02 Å². The molecule has 0 unspecified atom stereocenters. The molecule has 1 heterocycles. The minimum atomic E-state index is -3.53. The number of ether oxygens (including phenoxy) is 1. The third kappa shape index (κ3) is 6.07. The first-order valence-electron chi connectivity index (χ1n) is 11.2. The van der Waals surface area contributed by atoms with Crippen LogP contribution in [0.5, 0.6) is 5.75 Å². The van der Waals surface area contributed by atoms with Crippen LogP contribution in [0, 0.1) is 0 Å². The average molecular weight is 514 g/mol. The van der Waals surface area contributed by atoms with Gasteiger partial charge in [0, 0.05) is 42.5 Å². The number of sulfonamides is 1. The van der Waals surface area contributed by atoms with Crippen LogP contribution in [0.25, 0.3) is 0 Å². The van der Waals surface area contributed by atoms with Crippen molar-refractivity contribution in [3.8, 4) is 5.75 Å². The van der Waals surface area contributed by atoms with Crippen LogP contribution < -0.4 is 13.9 Å². The van der Waals surface area contributed by atoms with Gasteiger partial charge in [-0.05, 0) is 66.2 Å². The number of hydrogen-bond donors (Lipinski definition) is 0. The molecule has 0 N–H and O–H groups in total. The Morgan fingerprint density at radius 2 is 1.51 bits per heavy atom. The standard InChI is InChI=1S/C26H28ClN3O4S/c1-34-25-13-11-23(12-14-25)28-15-17-29(18-16-28)26(31)21-5-9-24(10-6-21)30(35(2,32)33)19-20-3-7-22(27)8-4-20/h3-14H,15-19H2,1-2H3. The van der Waals surface area contributed by atoms with Crippen molar-refractivity contribution in [2.24, 2.45) is 0 Å². The molecule has 3 aromatic rings. The van der Waals surface area contributed by atoms with Gasteiger partial charge in [0.05, 0.1) is 25.6 Å². The van der Waals surface area contributed by atoms with E-state index in [2.05, 4.69) is 4.90 Å². The van der Waals surface area contributed by atoms with Gasteiger partial charge in [-0.3, -0.25) is 9.10 Å². The summed E-state index contributed by atoms with van der Waals surface area (Å²) < 4.78 is 31.5. The van der Waals surface area contributed by atoms with Crippen molar-refractivity contribution in [3.63, 3.8) is 0 Å². The lowest BCUT2D eigenvalue weighted by molar-refractivity contribution is 0.0747. The first kappa shape index (κ1) is 24.9. The number of hydrogen-bond acceptors (Lipinski definition) is 5. The van der Waals surface area contributed by atoms with Gasteiger partial charge in [-0.2, -0.15) is 0 Å². The highest BCUT2D eigenvalue weighted by molar-refractivity contribution is 7.92. The molecule has 1 saturated heterocycles. The molecule has 3 aromatic carbocycles. The highest BCUT2D eigenvalue weighted by Gasteiger charge is 2.23. The summed E-state index contributed by atoms with van der Waals surface area (Å²) in [6.45, 7) is 2.87. The molecule has 0 saturated carbocycles. The predicted molar refractivity (Wildman–Crippen MR) is 140 cm³/mol. The fraction of sp³-hybridized carbons (Fsp3) is 0.269. The van der Waals surface area contributed by atoms with Crippen LogP contribution >= 0.6 is 11.6 Å². The Bertz CT molecular complexity index is 1260. The number of nitrogens with zero attached hydrogens (tertiary/aromatic N) is 3. The number of amides is 1. The van der Waals surface area contributed by atoms with Gasteiger partial charge in [-0.15, -0.1) is 0 Å². The molecule has 184 valence electrons. The van der Waals surface area contributed by atoms with Gasteiger partial charge in [0.2, 0.25) is 10.0 Å². The highest BCUT2D eigenvalue weighted by atomic mass is 35.5. The Morgan fingerprint density at radius 3 is 2.06 bits per heavy atom. The van der Waals surface area contributed by atoms with Crippen LogP contribution in [0.3, 0.4) is 0 Å². The predicted octanol–water partition coefficient (Wildman–Crippen LogP) is 4.28. The number of anilines is 2. The lowest BCUT2D eigenvalue weighted by Gasteiger charge is -2.36. The Morgan fingerprint density at radius 1 is 0.914 bits per heavy atom. The lowest BCUT2D eigenvalue weighted by atomic mass is 10.1. The largest absolute Gasteiger partial charge is 0.497 e. The summed E-state index contributed by atoms with van der Waals surface area (Å²) in [6.07, 6.45) is 1.17. The Balaban J connectivity index is 1.41. The van der Waals surface area contributed by atoms with E-state index < -0.39 is 10.0 Å².